The van der Waals surface area contributed by atoms with Crippen molar-refractivity contribution in [3.63, 3.8) is 0 Å². The van der Waals surface area contributed by atoms with Crippen LogP contribution < -0.4 is 24.5 Å². The number of rotatable bonds is 5. The Morgan fingerprint density at radius 1 is 0.889 bits per heavy atom. The molecule has 0 saturated heterocycles. The van der Waals surface area contributed by atoms with Gasteiger partial charge in [0.2, 0.25) is 11.5 Å². The summed E-state index contributed by atoms with van der Waals surface area (Å²) in [6, 6.07) is 13.7. The summed E-state index contributed by atoms with van der Waals surface area (Å²) in [7, 11) is 4.56. The van der Waals surface area contributed by atoms with Gasteiger partial charge < -0.3 is 18.6 Å². The molecule has 36 heavy (non-hydrogen) atoms. The van der Waals surface area contributed by atoms with Gasteiger partial charge in [-0.3, -0.25) is 14.5 Å². The Balaban J connectivity index is 1.86. The number of benzene rings is 3. The predicted molar refractivity (Wildman–Crippen MR) is 141 cm³/mol. The van der Waals surface area contributed by atoms with Gasteiger partial charge in [-0.15, -0.1) is 0 Å². The molecule has 8 heteroatoms. The van der Waals surface area contributed by atoms with Crippen molar-refractivity contribution in [2.75, 3.05) is 26.2 Å². The van der Waals surface area contributed by atoms with Gasteiger partial charge in [0, 0.05) is 10.2 Å². The summed E-state index contributed by atoms with van der Waals surface area (Å²) < 4.78 is 23.5. The summed E-state index contributed by atoms with van der Waals surface area (Å²) in [5.74, 6) is 0.865. The van der Waals surface area contributed by atoms with Crippen LogP contribution in [0.25, 0.3) is 11.0 Å². The molecule has 0 saturated carbocycles. The average Bonchev–Trinajstić information content (AvgIpc) is 3.16. The summed E-state index contributed by atoms with van der Waals surface area (Å²) in [5, 5.41) is 0.429. The number of hydrogen-bond acceptors (Lipinski definition) is 6. The first-order valence-electron chi connectivity index (χ1n) is 11.3. The lowest BCUT2D eigenvalue weighted by atomic mass is 9.96. The molecule has 184 valence electrons. The fraction of sp³-hybridized carbons (Fsp3) is 0.214. The number of amides is 1. The third-order valence-electron chi connectivity index (χ3n) is 6.58. The summed E-state index contributed by atoms with van der Waals surface area (Å²) in [5.41, 5.74) is 3.56. The molecule has 0 radical (unpaired) electrons. The van der Waals surface area contributed by atoms with Crippen LogP contribution in [-0.4, -0.2) is 27.2 Å². The van der Waals surface area contributed by atoms with Crippen LogP contribution in [0.3, 0.4) is 0 Å². The zero-order valence-electron chi connectivity index (χ0n) is 20.5. The van der Waals surface area contributed by atoms with E-state index in [-0.39, 0.29) is 16.8 Å². The molecule has 2 heterocycles. The van der Waals surface area contributed by atoms with Crippen molar-refractivity contribution in [2.24, 2.45) is 0 Å². The quantitative estimate of drug-likeness (QED) is 0.306. The second-order valence-corrected chi connectivity index (χ2v) is 9.54. The Kier molecular flexibility index (Phi) is 6.00. The second kappa shape index (κ2) is 9.02. The molecule has 1 atom stereocenters. The molecule has 0 spiro atoms. The van der Waals surface area contributed by atoms with Gasteiger partial charge in [0.05, 0.1) is 38.3 Å². The summed E-state index contributed by atoms with van der Waals surface area (Å²) in [6.45, 7) is 3.88. The Bertz CT molecular complexity index is 1570. The Labute approximate surface area is 216 Å². The van der Waals surface area contributed by atoms with E-state index in [2.05, 4.69) is 15.9 Å². The van der Waals surface area contributed by atoms with Crippen LogP contribution in [0.5, 0.6) is 17.2 Å². The lowest BCUT2D eigenvalue weighted by Gasteiger charge is -2.26. The smallest absolute Gasteiger partial charge is 0.295 e. The van der Waals surface area contributed by atoms with E-state index >= 15 is 0 Å². The van der Waals surface area contributed by atoms with Crippen molar-refractivity contribution in [2.45, 2.75) is 19.9 Å². The molecule has 0 N–H and O–H groups in total. The number of carbonyl (C=O) groups excluding carboxylic acids is 1. The summed E-state index contributed by atoms with van der Waals surface area (Å²) >= 11 is 3.49. The Hall–Kier alpha value is -3.78. The maximum atomic E-state index is 14.0. The number of carbonyl (C=O) groups is 1. The summed E-state index contributed by atoms with van der Waals surface area (Å²) in [4.78, 5) is 29.4. The highest BCUT2D eigenvalue weighted by Gasteiger charge is 2.44. The minimum absolute atomic E-state index is 0.0227. The van der Waals surface area contributed by atoms with E-state index in [1.54, 1.807) is 23.1 Å². The first-order valence-corrected chi connectivity index (χ1v) is 12.0. The number of nitrogens with zero attached hydrogens (tertiary/aromatic N) is 1. The van der Waals surface area contributed by atoms with Gasteiger partial charge >= 0.3 is 0 Å². The maximum Gasteiger partial charge on any atom is 0.295 e. The van der Waals surface area contributed by atoms with Gasteiger partial charge in [0.15, 0.2) is 16.9 Å². The van der Waals surface area contributed by atoms with Crippen molar-refractivity contribution in [1.29, 1.82) is 0 Å². The van der Waals surface area contributed by atoms with Gasteiger partial charge in [0.1, 0.15) is 5.58 Å². The molecule has 1 amide bonds. The van der Waals surface area contributed by atoms with Crippen molar-refractivity contribution < 1.29 is 23.4 Å². The van der Waals surface area contributed by atoms with E-state index in [4.69, 9.17) is 18.6 Å². The van der Waals surface area contributed by atoms with E-state index in [0.717, 1.165) is 15.6 Å². The van der Waals surface area contributed by atoms with Crippen LogP contribution in [-0.2, 0) is 0 Å². The first kappa shape index (κ1) is 23.9. The summed E-state index contributed by atoms with van der Waals surface area (Å²) in [6.07, 6.45) is 0. The van der Waals surface area contributed by atoms with Crippen LogP contribution in [0, 0.1) is 13.8 Å². The Morgan fingerprint density at radius 3 is 2.17 bits per heavy atom. The van der Waals surface area contributed by atoms with Crippen molar-refractivity contribution in [3.05, 3.63) is 91.2 Å². The van der Waals surface area contributed by atoms with Gasteiger partial charge in [-0.05, 0) is 73.0 Å². The van der Waals surface area contributed by atoms with Gasteiger partial charge in [-0.2, -0.15) is 0 Å². The predicted octanol–water partition coefficient (Wildman–Crippen LogP) is 5.95. The number of aryl methyl sites for hydroxylation is 2. The molecule has 1 unspecified atom stereocenters. The van der Waals surface area contributed by atoms with Crippen LogP contribution in [0.1, 0.15) is 38.9 Å². The topological polar surface area (TPSA) is 78.2 Å². The highest BCUT2D eigenvalue weighted by molar-refractivity contribution is 9.10. The van der Waals surface area contributed by atoms with Crippen LogP contribution >= 0.6 is 15.9 Å². The van der Waals surface area contributed by atoms with E-state index in [0.29, 0.717) is 39.5 Å². The van der Waals surface area contributed by atoms with Crippen molar-refractivity contribution in [3.8, 4) is 17.2 Å². The number of ether oxygens (including phenoxy) is 3. The largest absolute Gasteiger partial charge is 0.493 e. The van der Waals surface area contributed by atoms with E-state index in [1.807, 2.05) is 44.2 Å². The van der Waals surface area contributed by atoms with Crippen molar-refractivity contribution in [1.82, 2.24) is 0 Å². The lowest BCUT2D eigenvalue weighted by molar-refractivity contribution is 0.0971. The van der Waals surface area contributed by atoms with Crippen LogP contribution in [0.4, 0.5) is 5.69 Å². The molecule has 5 rings (SSSR count). The van der Waals surface area contributed by atoms with Gasteiger partial charge in [-0.1, -0.05) is 22.0 Å². The molecule has 3 aromatic carbocycles. The van der Waals surface area contributed by atoms with Crippen LogP contribution in [0.15, 0.2) is 62.2 Å². The monoisotopic (exact) mass is 549 g/mol. The fourth-order valence-electron chi connectivity index (χ4n) is 4.69. The SMILES string of the molecule is COc1cc(C2c3c(oc4cc(C)c(C)cc4c3=O)C(=O)N2c2cccc(Br)c2)cc(OC)c1OC. The minimum Gasteiger partial charge on any atom is -0.493 e. The third-order valence-corrected chi connectivity index (χ3v) is 7.07. The molecular weight excluding hydrogens is 526 g/mol. The average molecular weight is 550 g/mol. The van der Waals surface area contributed by atoms with Crippen molar-refractivity contribution >= 4 is 38.5 Å². The molecule has 1 aliphatic rings. The third kappa shape index (κ3) is 3.64. The van der Waals surface area contributed by atoms with Gasteiger partial charge in [-0.25, -0.2) is 0 Å². The standard InChI is InChI=1S/C28H24BrNO6/c1-14-9-19-20(10-15(14)2)36-27-23(25(19)31)24(30(28(27)32)18-8-6-7-17(29)13-18)16-11-21(33-3)26(35-5)22(12-16)34-4/h6-13,24H,1-5H3. The number of anilines is 1. The van der Waals surface area contributed by atoms with Gasteiger partial charge in [0.25, 0.3) is 5.91 Å². The zero-order valence-corrected chi connectivity index (χ0v) is 22.1. The molecule has 0 bridgehead atoms. The molecular formula is C28H24BrNO6. The number of hydrogen-bond donors (Lipinski definition) is 0. The number of methoxy groups -OCH3 is 3. The highest BCUT2D eigenvalue weighted by atomic mass is 79.9. The fourth-order valence-corrected chi connectivity index (χ4v) is 5.08. The second-order valence-electron chi connectivity index (χ2n) is 8.62. The highest BCUT2D eigenvalue weighted by Crippen LogP contribution is 2.46. The normalized spacial score (nSPS) is 14.8. The van der Waals surface area contributed by atoms with E-state index in [9.17, 15) is 9.59 Å². The van der Waals surface area contributed by atoms with E-state index < -0.39 is 11.9 Å². The first-order chi connectivity index (χ1) is 17.3. The maximum absolute atomic E-state index is 14.0. The number of halogens is 1. The molecule has 1 aliphatic heterocycles. The molecule has 7 nitrogen and oxygen atoms in total. The molecule has 0 aliphatic carbocycles. The minimum atomic E-state index is -0.780. The van der Waals surface area contributed by atoms with Crippen LogP contribution in [0.2, 0.25) is 0 Å². The zero-order chi connectivity index (χ0) is 25.7. The number of fused-ring (bicyclic) bond motifs is 2. The molecule has 0 fully saturated rings. The Morgan fingerprint density at radius 2 is 1.56 bits per heavy atom. The van der Waals surface area contributed by atoms with E-state index in [1.165, 1.54) is 21.3 Å². The lowest BCUT2D eigenvalue weighted by Crippen LogP contribution is -2.29. The molecule has 1 aromatic heterocycles. The molecule has 4 aromatic rings.